The predicted octanol–water partition coefficient (Wildman–Crippen LogP) is 3.66. The Morgan fingerprint density at radius 2 is 1.52 bits per heavy atom. The van der Waals surface area contributed by atoms with Crippen molar-refractivity contribution in [3.63, 3.8) is 0 Å². The number of urea groups is 1. The Balaban J connectivity index is 1.03. The van der Waals surface area contributed by atoms with E-state index in [-0.39, 0.29) is 6.03 Å². The topological polar surface area (TPSA) is 130 Å². The maximum absolute atomic E-state index is 12.6. The molecule has 2 aliphatic heterocycles. The highest BCUT2D eigenvalue weighted by atomic mass is 16.5. The monoisotopic (exact) mass is 572 g/mol. The van der Waals surface area contributed by atoms with Gasteiger partial charge < -0.3 is 29.7 Å². The second kappa shape index (κ2) is 13.3. The molecule has 42 heavy (non-hydrogen) atoms. The lowest BCUT2D eigenvalue weighted by molar-refractivity contribution is 0.0180. The quantitative estimate of drug-likeness (QED) is 0.257. The second-order valence-corrected chi connectivity index (χ2v) is 10.4. The number of amides is 2. The molecule has 0 radical (unpaired) electrons. The smallest absolute Gasteiger partial charge is 0.323 e. The molecule has 2 fully saturated rings. The van der Waals surface area contributed by atoms with Crippen molar-refractivity contribution < 1.29 is 19.0 Å². The Bertz CT molecular complexity index is 1480. The highest BCUT2D eigenvalue weighted by Gasteiger charge is 2.21. The second-order valence-electron chi connectivity index (χ2n) is 10.4. The lowest BCUT2D eigenvalue weighted by atomic mass is 10.2. The van der Waals surface area contributed by atoms with Crippen molar-refractivity contribution in [3.8, 4) is 11.4 Å². The Kier molecular flexibility index (Phi) is 8.85. The Morgan fingerprint density at radius 1 is 0.881 bits per heavy atom. The molecule has 4 aromatic rings. The van der Waals surface area contributed by atoms with Gasteiger partial charge in [-0.2, -0.15) is 5.10 Å². The van der Waals surface area contributed by atoms with Crippen LogP contribution in [0, 0.1) is 6.92 Å². The van der Waals surface area contributed by atoms with Gasteiger partial charge in [-0.1, -0.05) is 12.1 Å². The fourth-order valence-electron chi connectivity index (χ4n) is 5.01. The third-order valence-electron chi connectivity index (χ3n) is 7.40. The van der Waals surface area contributed by atoms with Gasteiger partial charge in [0.15, 0.2) is 17.2 Å². The van der Waals surface area contributed by atoms with E-state index < -0.39 is 0 Å². The van der Waals surface area contributed by atoms with Gasteiger partial charge in [-0.05, 0) is 48.9 Å². The zero-order valence-corrected chi connectivity index (χ0v) is 23.8. The van der Waals surface area contributed by atoms with Gasteiger partial charge in [0.2, 0.25) is 0 Å². The Morgan fingerprint density at radius 3 is 2.21 bits per heavy atom. The summed E-state index contributed by atoms with van der Waals surface area (Å²) in [5.74, 6) is 1.41. The van der Waals surface area contributed by atoms with Crippen LogP contribution in [0.15, 0.2) is 48.5 Å². The first-order chi connectivity index (χ1) is 20.6. The van der Waals surface area contributed by atoms with E-state index in [9.17, 15) is 4.79 Å². The van der Waals surface area contributed by atoms with Gasteiger partial charge in [0.05, 0.1) is 45.3 Å². The van der Waals surface area contributed by atoms with Crippen LogP contribution in [0.25, 0.3) is 22.4 Å². The van der Waals surface area contributed by atoms with Crippen LogP contribution in [0.5, 0.6) is 0 Å². The number of hydrogen-bond acceptors (Lipinski definition) is 9. The number of aromatic nitrogens is 4. The van der Waals surface area contributed by atoms with E-state index >= 15 is 0 Å². The van der Waals surface area contributed by atoms with Crippen molar-refractivity contribution in [1.82, 2.24) is 25.1 Å². The van der Waals surface area contributed by atoms with Crippen molar-refractivity contribution in [2.24, 2.45) is 0 Å². The van der Waals surface area contributed by atoms with Crippen LogP contribution in [0.1, 0.15) is 11.3 Å². The number of carbonyl (C=O) groups is 1. The predicted molar refractivity (Wildman–Crippen MR) is 161 cm³/mol. The summed E-state index contributed by atoms with van der Waals surface area (Å²) in [6.45, 7) is 10.4. The molecular weight excluding hydrogens is 536 g/mol. The number of H-pyrrole nitrogens is 1. The number of aryl methyl sites for hydroxylation is 1. The molecular formula is C30H36N8O4. The molecule has 2 aromatic carbocycles. The first kappa shape index (κ1) is 28.0. The summed E-state index contributed by atoms with van der Waals surface area (Å²) >= 11 is 0. The minimum absolute atomic E-state index is 0.321. The fourth-order valence-corrected chi connectivity index (χ4v) is 5.01. The van der Waals surface area contributed by atoms with Crippen LogP contribution >= 0.6 is 0 Å². The molecule has 2 amide bonds. The van der Waals surface area contributed by atoms with Gasteiger partial charge in [-0.3, -0.25) is 10.00 Å². The first-order valence-electron chi connectivity index (χ1n) is 14.3. The molecule has 6 rings (SSSR count). The lowest BCUT2D eigenvalue weighted by Crippen LogP contribution is -2.38. The van der Waals surface area contributed by atoms with Crippen molar-refractivity contribution in [3.05, 3.63) is 59.8 Å². The average Bonchev–Trinajstić information content (AvgIpc) is 3.41. The fraction of sp³-hybridized carbons (Fsp3) is 0.400. The molecule has 2 aliphatic rings. The molecule has 0 spiro atoms. The van der Waals surface area contributed by atoms with E-state index in [1.807, 2.05) is 55.5 Å². The number of benzene rings is 2. The van der Waals surface area contributed by atoms with E-state index in [0.29, 0.717) is 43.6 Å². The summed E-state index contributed by atoms with van der Waals surface area (Å²) in [5, 5.41) is 13.3. The maximum atomic E-state index is 12.6. The van der Waals surface area contributed by atoms with Crippen LogP contribution < -0.4 is 15.5 Å². The molecule has 0 unspecified atom stereocenters. The van der Waals surface area contributed by atoms with E-state index in [1.165, 1.54) is 0 Å². The van der Waals surface area contributed by atoms with Crippen LogP contribution in [0.3, 0.4) is 0 Å². The van der Waals surface area contributed by atoms with Gasteiger partial charge >= 0.3 is 6.03 Å². The molecule has 0 saturated carbocycles. The summed E-state index contributed by atoms with van der Waals surface area (Å²) < 4.78 is 16.7. The number of nitrogens with one attached hydrogen (secondary N) is 3. The average molecular weight is 573 g/mol. The van der Waals surface area contributed by atoms with E-state index in [2.05, 4.69) is 30.6 Å². The van der Waals surface area contributed by atoms with Gasteiger partial charge in [0, 0.05) is 49.7 Å². The number of hydrogen-bond donors (Lipinski definition) is 3. The number of ether oxygens (including phenoxy) is 3. The molecule has 0 aliphatic carbocycles. The Labute approximate surface area is 244 Å². The minimum atomic E-state index is -0.321. The zero-order chi connectivity index (χ0) is 28.7. The van der Waals surface area contributed by atoms with E-state index in [0.717, 1.165) is 79.6 Å². The number of rotatable bonds is 9. The van der Waals surface area contributed by atoms with Crippen LogP contribution in [-0.4, -0.2) is 96.9 Å². The van der Waals surface area contributed by atoms with Crippen LogP contribution in [-0.2, 0) is 20.8 Å². The van der Waals surface area contributed by atoms with Gasteiger partial charge in [0.25, 0.3) is 0 Å². The largest absolute Gasteiger partial charge is 0.379 e. The molecule has 0 atom stereocenters. The zero-order valence-electron chi connectivity index (χ0n) is 23.8. The van der Waals surface area contributed by atoms with Crippen molar-refractivity contribution in [2.75, 3.05) is 81.3 Å². The van der Waals surface area contributed by atoms with Crippen LogP contribution in [0.2, 0.25) is 0 Å². The molecule has 3 N–H and O–H groups in total. The SMILES string of the molecule is Cc1[nH]nc2c(N3CCOCC3)nc(-c3ccc(NC(=O)Nc4ccc(COCCN5CCOCC5)cc4)cc3)nc12. The van der Waals surface area contributed by atoms with Gasteiger partial charge in [-0.15, -0.1) is 0 Å². The number of anilines is 3. The number of carbonyl (C=O) groups excluding carboxylic acids is 1. The lowest BCUT2D eigenvalue weighted by Gasteiger charge is -2.28. The standard InChI is InChI=1S/C30H36N8O4/c1-21-26-27(36-35-21)29(38-13-18-41-19-14-38)34-28(33-26)23-4-8-25(9-5-23)32-30(39)31-24-6-2-22(3-7-24)20-42-17-12-37-10-15-40-16-11-37/h2-9H,10-20H2,1H3,(H,35,36)(H2,31,32,39). The normalized spacial score (nSPS) is 16.1. The molecule has 12 nitrogen and oxygen atoms in total. The van der Waals surface area contributed by atoms with Crippen LogP contribution in [0.4, 0.5) is 22.0 Å². The minimum Gasteiger partial charge on any atom is -0.379 e. The number of morpholine rings is 2. The number of fused-ring (bicyclic) bond motifs is 1. The number of nitrogens with zero attached hydrogens (tertiary/aromatic N) is 5. The Hall–Kier alpha value is -4.10. The summed E-state index contributed by atoms with van der Waals surface area (Å²) in [7, 11) is 0. The third kappa shape index (κ3) is 6.85. The summed E-state index contributed by atoms with van der Waals surface area (Å²) in [6, 6.07) is 14.9. The molecule has 12 heteroatoms. The summed E-state index contributed by atoms with van der Waals surface area (Å²) in [4.78, 5) is 26.8. The first-order valence-corrected chi connectivity index (χ1v) is 14.3. The molecule has 2 aromatic heterocycles. The molecule has 2 saturated heterocycles. The molecule has 220 valence electrons. The van der Waals surface area contributed by atoms with Gasteiger partial charge in [-0.25, -0.2) is 14.8 Å². The highest BCUT2D eigenvalue weighted by molar-refractivity contribution is 5.99. The van der Waals surface area contributed by atoms with Crippen molar-refractivity contribution in [1.29, 1.82) is 0 Å². The van der Waals surface area contributed by atoms with Crippen molar-refractivity contribution in [2.45, 2.75) is 13.5 Å². The van der Waals surface area contributed by atoms with E-state index in [4.69, 9.17) is 24.2 Å². The third-order valence-corrected chi connectivity index (χ3v) is 7.40. The van der Waals surface area contributed by atoms with Crippen molar-refractivity contribution >= 4 is 34.3 Å². The maximum Gasteiger partial charge on any atom is 0.323 e. The van der Waals surface area contributed by atoms with Gasteiger partial charge in [0.1, 0.15) is 5.52 Å². The molecule has 4 heterocycles. The summed E-state index contributed by atoms with van der Waals surface area (Å²) in [5.41, 5.74) is 5.72. The summed E-state index contributed by atoms with van der Waals surface area (Å²) in [6.07, 6.45) is 0. The number of aromatic amines is 1. The van der Waals surface area contributed by atoms with E-state index in [1.54, 1.807) is 0 Å². The molecule has 0 bridgehead atoms. The highest BCUT2D eigenvalue weighted by Crippen LogP contribution is 2.29.